The largest absolute Gasteiger partial charge is 0.496 e. The molecule has 1 rings (SSSR count). The van der Waals surface area contributed by atoms with Gasteiger partial charge in [0, 0.05) is 25.7 Å². The fourth-order valence-corrected chi connectivity index (χ4v) is 2.43. The summed E-state index contributed by atoms with van der Waals surface area (Å²) in [6, 6.07) is 6.04. The van der Waals surface area contributed by atoms with Crippen molar-refractivity contribution >= 4 is 11.6 Å². The molecule has 0 N–H and O–H groups in total. The van der Waals surface area contributed by atoms with Gasteiger partial charge in [0.15, 0.2) is 0 Å². The van der Waals surface area contributed by atoms with E-state index < -0.39 is 0 Å². The maximum atomic E-state index is 12.0. The number of nitrogens with zero attached hydrogens (tertiary/aromatic N) is 2. The third-order valence-electron chi connectivity index (χ3n) is 4.20. The summed E-state index contributed by atoms with van der Waals surface area (Å²) in [5.41, 5.74) is 4.67. The summed E-state index contributed by atoms with van der Waals surface area (Å²) in [6.45, 7) is 10.8. The molecule has 1 amide bonds. The Morgan fingerprint density at radius 2 is 2.00 bits per heavy atom. The molecule has 1 aromatic rings. The molecule has 0 radical (unpaired) electrons. The Balaban J connectivity index is 3.29. The van der Waals surface area contributed by atoms with E-state index in [9.17, 15) is 4.79 Å². The molecule has 0 aromatic heterocycles. The predicted octanol–water partition coefficient (Wildman–Crippen LogP) is 4.74. The van der Waals surface area contributed by atoms with Crippen LogP contribution in [0.25, 0.3) is 0 Å². The Labute approximate surface area is 163 Å². The van der Waals surface area contributed by atoms with Crippen LogP contribution in [0.15, 0.2) is 59.1 Å². The monoisotopic (exact) mass is 368 g/mol. The van der Waals surface area contributed by atoms with Gasteiger partial charge in [0.25, 0.3) is 0 Å². The molecule has 0 saturated heterocycles. The Morgan fingerprint density at radius 1 is 1.30 bits per heavy atom. The van der Waals surface area contributed by atoms with E-state index in [1.165, 1.54) is 0 Å². The molecule has 0 aliphatic rings. The topological polar surface area (TPSA) is 41.9 Å². The second-order valence-corrected chi connectivity index (χ2v) is 6.57. The molecule has 27 heavy (non-hydrogen) atoms. The highest BCUT2D eigenvalue weighted by Crippen LogP contribution is 2.22. The minimum atomic E-state index is -0.0229. The number of likely N-dealkylation sites (N-methyl/N-ethyl adjacent to an activating group) is 1. The average molecular weight is 369 g/mol. The summed E-state index contributed by atoms with van der Waals surface area (Å²) < 4.78 is 5.46. The number of ether oxygens (including phenoxy) is 1. The van der Waals surface area contributed by atoms with Gasteiger partial charge in [-0.05, 0) is 42.5 Å². The molecule has 0 bridgehead atoms. The number of methoxy groups -OCH3 is 1. The lowest BCUT2D eigenvalue weighted by Gasteiger charge is -2.12. The number of hydrogen-bond donors (Lipinski definition) is 0. The zero-order valence-corrected chi connectivity index (χ0v) is 17.5. The van der Waals surface area contributed by atoms with Crippen molar-refractivity contribution in [3.05, 3.63) is 65.3 Å². The molecule has 0 saturated carbocycles. The second kappa shape index (κ2) is 11.2. The zero-order valence-electron chi connectivity index (χ0n) is 17.5. The molecule has 4 nitrogen and oxygen atoms in total. The molecule has 0 spiro atoms. The predicted molar refractivity (Wildman–Crippen MR) is 115 cm³/mol. The molecular formula is C23H32N2O2. The van der Waals surface area contributed by atoms with Crippen molar-refractivity contribution < 1.29 is 9.53 Å². The molecule has 0 fully saturated rings. The standard InChI is InChI=1S/C23H32N2O2/c1-8-10-11-18(4)23(20-13-12-17(3)21(15-20)27-7)24-16-19(9-2)14-22(26)25(5)6/h10-15H,4,8-9,16H2,1-3,5-7H3/b11-10-,19-14+,24-23?. The minimum absolute atomic E-state index is 0.0229. The fraction of sp³-hybridized carbons (Fsp3) is 0.391. The minimum Gasteiger partial charge on any atom is -0.496 e. The smallest absolute Gasteiger partial charge is 0.246 e. The number of hydrogen-bond acceptors (Lipinski definition) is 3. The molecule has 1 aromatic carbocycles. The van der Waals surface area contributed by atoms with Crippen LogP contribution in [0.4, 0.5) is 0 Å². The Kier molecular flexibility index (Phi) is 9.27. The van der Waals surface area contributed by atoms with Gasteiger partial charge in [-0.2, -0.15) is 0 Å². The fourth-order valence-electron chi connectivity index (χ4n) is 2.43. The van der Waals surface area contributed by atoms with E-state index in [-0.39, 0.29) is 5.91 Å². The summed E-state index contributed by atoms with van der Waals surface area (Å²) in [7, 11) is 5.16. The summed E-state index contributed by atoms with van der Waals surface area (Å²) >= 11 is 0. The van der Waals surface area contributed by atoms with Crippen molar-refractivity contribution in [1.29, 1.82) is 0 Å². The molecule has 4 heteroatoms. The number of aryl methyl sites for hydroxylation is 1. The first-order valence-corrected chi connectivity index (χ1v) is 9.29. The van der Waals surface area contributed by atoms with Crippen molar-refractivity contribution in [2.45, 2.75) is 33.6 Å². The highest BCUT2D eigenvalue weighted by molar-refractivity contribution is 6.14. The van der Waals surface area contributed by atoms with Crippen molar-refractivity contribution in [3.63, 3.8) is 0 Å². The van der Waals surface area contributed by atoms with Crippen molar-refractivity contribution in [3.8, 4) is 5.75 Å². The lowest BCUT2D eigenvalue weighted by molar-refractivity contribution is -0.123. The van der Waals surface area contributed by atoms with E-state index >= 15 is 0 Å². The maximum Gasteiger partial charge on any atom is 0.246 e. The third-order valence-corrected chi connectivity index (χ3v) is 4.20. The van der Waals surface area contributed by atoms with Crippen LogP contribution in [-0.2, 0) is 4.79 Å². The van der Waals surface area contributed by atoms with Gasteiger partial charge >= 0.3 is 0 Å². The van der Waals surface area contributed by atoms with Gasteiger partial charge in [-0.15, -0.1) is 0 Å². The number of carbonyl (C=O) groups excluding carboxylic acids is 1. The molecule has 0 aliphatic carbocycles. The van der Waals surface area contributed by atoms with Crippen LogP contribution < -0.4 is 4.74 Å². The van der Waals surface area contributed by atoms with Gasteiger partial charge in [-0.1, -0.05) is 44.7 Å². The van der Waals surface area contributed by atoms with E-state index in [0.29, 0.717) is 6.54 Å². The number of carbonyl (C=O) groups is 1. The first-order valence-electron chi connectivity index (χ1n) is 9.29. The number of rotatable bonds is 9. The van der Waals surface area contributed by atoms with E-state index in [1.807, 2.05) is 38.1 Å². The summed E-state index contributed by atoms with van der Waals surface area (Å²) in [4.78, 5) is 18.3. The van der Waals surface area contributed by atoms with E-state index in [0.717, 1.165) is 46.6 Å². The Morgan fingerprint density at radius 3 is 2.56 bits per heavy atom. The van der Waals surface area contributed by atoms with Crippen molar-refractivity contribution in [1.82, 2.24) is 4.90 Å². The molecule has 0 aliphatic heterocycles. The average Bonchev–Trinajstić information content (AvgIpc) is 2.66. The van der Waals surface area contributed by atoms with Crippen molar-refractivity contribution in [2.75, 3.05) is 27.7 Å². The van der Waals surface area contributed by atoms with E-state index in [1.54, 1.807) is 32.2 Å². The van der Waals surface area contributed by atoms with Crippen LogP contribution >= 0.6 is 0 Å². The second-order valence-electron chi connectivity index (χ2n) is 6.57. The van der Waals surface area contributed by atoms with Gasteiger partial charge in [0.05, 0.1) is 19.4 Å². The number of allylic oxidation sites excluding steroid dienone is 3. The maximum absolute atomic E-state index is 12.0. The first kappa shape index (κ1) is 22.4. The van der Waals surface area contributed by atoms with Crippen LogP contribution in [0.2, 0.25) is 0 Å². The van der Waals surface area contributed by atoms with Crippen molar-refractivity contribution in [2.24, 2.45) is 4.99 Å². The van der Waals surface area contributed by atoms with Crippen LogP contribution in [0.5, 0.6) is 5.75 Å². The van der Waals surface area contributed by atoms with Gasteiger partial charge in [0.2, 0.25) is 5.91 Å². The molecule has 0 atom stereocenters. The van der Waals surface area contributed by atoms with Crippen LogP contribution in [-0.4, -0.2) is 44.3 Å². The van der Waals surface area contributed by atoms with Gasteiger partial charge in [-0.25, -0.2) is 0 Å². The highest BCUT2D eigenvalue weighted by Gasteiger charge is 2.10. The lowest BCUT2D eigenvalue weighted by atomic mass is 10.0. The van der Waals surface area contributed by atoms with Gasteiger partial charge in [0.1, 0.15) is 5.75 Å². The highest BCUT2D eigenvalue weighted by atomic mass is 16.5. The SMILES string of the molecule is C=C(/C=C\CC)C(=NC/C(=C/C(=O)N(C)C)CC)c1ccc(C)c(OC)c1. The van der Waals surface area contributed by atoms with Crippen LogP contribution in [0.3, 0.4) is 0 Å². The Hall–Kier alpha value is -2.62. The number of benzene rings is 1. The normalized spacial score (nSPS) is 12.4. The molecule has 0 heterocycles. The van der Waals surface area contributed by atoms with Gasteiger partial charge < -0.3 is 9.64 Å². The summed E-state index contributed by atoms with van der Waals surface area (Å²) in [5.74, 6) is 0.798. The zero-order chi connectivity index (χ0) is 20.4. The Bertz CT molecular complexity index is 756. The van der Waals surface area contributed by atoms with E-state index in [4.69, 9.17) is 9.73 Å². The number of amides is 1. The molecule has 146 valence electrons. The van der Waals surface area contributed by atoms with Crippen LogP contribution in [0.1, 0.15) is 37.8 Å². The summed E-state index contributed by atoms with van der Waals surface area (Å²) in [5, 5.41) is 0. The van der Waals surface area contributed by atoms with Gasteiger partial charge in [-0.3, -0.25) is 9.79 Å². The molecular weight excluding hydrogens is 336 g/mol. The molecule has 0 unspecified atom stereocenters. The third kappa shape index (κ3) is 6.89. The van der Waals surface area contributed by atoms with E-state index in [2.05, 4.69) is 19.6 Å². The van der Waals surface area contributed by atoms with Crippen LogP contribution in [0, 0.1) is 6.92 Å². The summed E-state index contributed by atoms with van der Waals surface area (Å²) in [6.07, 6.45) is 7.42. The lowest BCUT2D eigenvalue weighted by Crippen LogP contribution is -2.19. The quantitative estimate of drug-likeness (QED) is 0.359. The first-order chi connectivity index (χ1) is 12.8. The number of aliphatic imine (C=N–C) groups is 1.